The van der Waals surface area contributed by atoms with Crippen LogP contribution in [0, 0.1) is 0 Å². The number of halogens is 3. The summed E-state index contributed by atoms with van der Waals surface area (Å²) in [6.45, 7) is 0. The maximum absolute atomic E-state index is 10.5. The molecule has 0 bridgehead atoms. The van der Waals surface area contributed by atoms with Gasteiger partial charge in [0, 0.05) is 26.2 Å². The Balaban J connectivity index is 2.55. The van der Waals surface area contributed by atoms with E-state index >= 15 is 0 Å². The van der Waals surface area contributed by atoms with Crippen LogP contribution in [-0.4, -0.2) is 12.2 Å². The van der Waals surface area contributed by atoms with Gasteiger partial charge in [0.05, 0.1) is 7.11 Å². The Morgan fingerprint density at radius 2 is 1.68 bits per heavy atom. The fourth-order valence-corrected chi connectivity index (χ4v) is 2.63. The summed E-state index contributed by atoms with van der Waals surface area (Å²) in [5.41, 5.74) is 0.955. The molecular weight excluding hydrogens is 307 g/mol. The quantitative estimate of drug-likeness (QED) is 0.886. The van der Waals surface area contributed by atoms with Gasteiger partial charge in [-0.2, -0.15) is 0 Å². The molecule has 0 aromatic heterocycles. The molecule has 1 unspecified atom stereocenters. The summed E-state index contributed by atoms with van der Waals surface area (Å²) in [7, 11) is 1.52. The molecule has 2 nitrogen and oxygen atoms in total. The zero-order valence-electron chi connectivity index (χ0n) is 10.0. The lowest BCUT2D eigenvalue weighted by Gasteiger charge is -2.17. The van der Waals surface area contributed by atoms with Gasteiger partial charge in [-0.25, -0.2) is 0 Å². The first kappa shape index (κ1) is 14.5. The van der Waals surface area contributed by atoms with Crippen LogP contribution in [0.4, 0.5) is 0 Å². The Labute approximate surface area is 126 Å². The highest BCUT2D eigenvalue weighted by Crippen LogP contribution is 2.38. The standard InChI is InChI=1S/C14H11Cl3O2/c1-19-12-6-5-8(15)7-9(12)14(18)13-10(16)3-2-4-11(13)17/h2-7,14,18H,1H3. The van der Waals surface area contributed by atoms with Crippen LogP contribution in [0.2, 0.25) is 15.1 Å². The molecule has 2 aromatic rings. The molecule has 0 amide bonds. The molecule has 1 atom stereocenters. The Hall–Kier alpha value is -0.930. The molecule has 5 heteroatoms. The van der Waals surface area contributed by atoms with Crippen molar-refractivity contribution in [1.29, 1.82) is 0 Å². The minimum absolute atomic E-state index is 0.391. The van der Waals surface area contributed by atoms with Crippen LogP contribution < -0.4 is 4.74 Å². The molecule has 0 spiro atoms. The number of aliphatic hydroxyl groups excluding tert-OH is 1. The van der Waals surface area contributed by atoms with Gasteiger partial charge in [-0.15, -0.1) is 0 Å². The van der Waals surface area contributed by atoms with Crippen LogP contribution in [0.3, 0.4) is 0 Å². The van der Waals surface area contributed by atoms with E-state index < -0.39 is 6.10 Å². The summed E-state index contributed by atoms with van der Waals surface area (Å²) >= 11 is 18.1. The summed E-state index contributed by atoms with van der Waals surface area (Å²) < 4.78 is 5.22. The average molecular weight is 318 g/mol. The van der Waals surface area contributed by atoms with E-state index in [2.05, 4.69) is 0 Å². The molecule has 100 valence electrons. The van der Waals surface area contributed by atoms with Gasteiger partial charge in [0.1, 0.15) is 11.9 Å². The largest absolute Gasteiger partial charge is 0.496 e. The lowest BCUT2D eigenvalue weighted by molar-refractivity contribution is 0.215. The van der Waals surface area contributed by atoms with Crippen molar-refractivity contribution in [3.05, 3.63) is 62.6 Å². The van der Waals surface area contributed by atoms with E-state index in [-0.39, 0.29) is 0 Å². The maximum Gasteiger partial charge on any atom is 0.125 e. The lowest BCUT2D eigenvalue weighted by Crippen LogP contribution is -2.04. The van der Waals surface area contributed by atoms with Crippen molar-refractivity contribution < 1.29 is 9.84 Å². The number of methoxy groups -OCH3 is 1. The zero-order valence-corrected chi connectivity index (χ0v) is 12.3. The number of benzene rings is 2. The molecule has 0 aliphatic rings. The number of ether oxygens (including phenoxy) is 1. The van der Waals surface area contributed by atoms with Gasteiger partial charge in [-0.05, 0) is 30.3 Å². The van der Waals surface area contributed by atoms with Gasteiger partial charge < -0.3 is 9.84 Å². The van der Waals surface area contributed by atoms with E-state index in [1.165, 1.54) is 7.11 Å². The molecule has 2 rings (SSSR count). The van der Waals surface area contributed by atoms with E-state index in [1.54, 1.807) is 36.4 Å². The first-order valence-corrected chi connectivity index (χ1v) is 6.63. The van der Waals surface area contributed by atoms with Crippen molar-refractivity contribution in [2.24, 2.45) is 0 Å². The van der Waals surface area contributed by atoms with Crippen molar-refractivity contribution in [3.63, 3.8) is 0 Å². The molecule has 0 aliphatic heterocycles. The van der Waals surface area contributed by atoms with Gasteiger partial charge >= 0.3 is 0 Å². The third-order valence-electron chi connectivity index (χ3n) is 2.76. The highest BCUT2D eigenvalue weighted by atomic mass is 35.5. The van der Waals surface area contributed by atoms with Crippen LogP contribution in [0.15, 0.2) is 36.4 Å². The highest BCUT2D eigenvalue weighted by Gasteiger charge is 2.21. The number of hydrogen-bond acceptors (Lipinski definition) is 2. The average Bonchev–Trinajstić information content (AvgIpc) is 2.38. The molecule has 2 aromatic carbocycles. The van der Waals surface area contributed by atoms with Crippen LogP contribution >= 0.6 is 34.8 Å². The maximum atomic E-state index is 10.5. The number of hydrogen-bond donors (Lipinski definition) is 1. The van der Waals surface area contributed by atoms with Gasteiger partial charge in [0.15, 0.2) is 0 Å². The Morgan fingerprint density at radius 3 is 2.26 bits per heavy atom. The monoisotopic (exact) mass is 316 g/mol. The van der Waals surface area contributed by atoms with Crippen molar-refractivity contribution in [3.8, 4) is 5.75 Å². The fourth-order valence-electron chi connectivity index (χ4n) is 1.85. The third-order valence-corrected chi connectivity index (χ3v) is 3.65. The number of rotatable bonds is 3. The van der Waals surface area contributed by atoms with E-state index in [0.717, 1.165) is 0 Å². The first-order chi connectivity index (χ1) is 9.04. The molecule has 1 N–H and O–H groups in total. The van der Waals surface area contributed by atoms with Crippen molar-refractivity contribution in [2.75, 3.05) is 7.11 Å². The Morgan fingerprint density at radius 1 is 1.05 bits per heavy atom. The molecule has 0 heterocycles. The molecule has 0 saturated heterocycles. The van der Waals surface area contributed by atoms with Crippen LogP contribution in [0.1, 0.15) is 17.2 Å². The smallest absolute Gasteiger partial charge is 0.125 e. The zero-order chi connectivity index (χ0) is 14.0. The van der Waals surface area contributed by atoms with Gasteiger partial charge in [-0.1, -0.05) is 40.9 Å². The molecule has 0 saturated carbocycles. The second kappa shape index (κ2) is 6.02. The molecule has 19 heavy (non-hydrogen) atoms. The molecule has 0 aliphatic carbocycles. The van der Waals surface area contributed by atoms with Crippen LogP contribution in [0.25, 0.3) is 0 Å². The van der Waals surface area contributed by atoms with E-state index in [9.17, 15) is 5.11 Å². The molecule has 0 fully saturated rings. The van der Waals surface area contributed by atoms with Crippen molar-refractivity contribution in [1.82, 2.24) is 0 Å². The first-order valence-electron chi connectivity index (χ1n) is 5.50. The lowest BCUT2D eigenvalue weighted by atomic mass is 10.0. The van der Waals surface area contributed by atoms with Crippen LogP contribution in [0.5, 0.6) is 5.75 Å². The van der Waals surface area contributed by atoms with Gasteiger partial charge in [-0.3, -0.25) is 0 Å². The minimum Gasteiger partial charge on any atom is -0.496 e. The summed E-state index contributed by atoms with van der Waals surface area (Å²) in [5.74, 6) is 0.521. The SMILES string of the molecule is COc1ccc(Cl)cc1C(O)c1c(Cl)cccc1Cl. The van der Waals surface area contributed by atoms with Gasteiger partial charge in [0.2, 0.25) is 0 Å². The van der Waals surface area contributed by atoms with Gasteiger partial charge in [0.25, 0.3) is 0 Å². The predicted octanol–water partition coefficient (Wildman–Crippen LogP) is 4.74. The second-order valence-corrected chi connectivity index (χ2v) is 5.17. The minimum atomic E-state index is -1.00. The Kier molecular flexibility index (Phi) is 4.58. The summed E-state index contributed by atoms with van der Waals surface area (Å²) in [4.78, 5) is 0. The molecule has 0 radical (unpaired) electrons. The summed E-state index contributed by atoms with van der Waals surface area (Å²) in [5, 5.41) is 11.8. The van der Waals surface area contributed by atoms with E-state index in [1.807, 2.05) is 0 Å². The second-order valence-electron chi connectivity index (χ2n) is 3.92. The topological polar surface area (TPSA) is 29.5 Å². The molecular formula is C14H11Cl3O2. The summed E-state index contributed by atoms with van der Waals surface area (Å²) in [6.07, 6.45) is -1.00. The number of aliphatic hydroxyl groups is 1. The third kappa shape index (κ3) is 2.98. The van der Waals surface area contributed by atoms with Crippen molar-refractivity contribution >= 4 is 34.8 Å². The van der Waals surface area contributed by atoms with Crippen molar-refractivity contribution in [2.45, 2.75) is 6.10 Å². The normalized spacial score (nSPS) is 12.3. The Bertz CT molecular complexity index is 579. The van der Waals surface area contributed by atoms with E-state index in [4.69, 9.17) is 39.5 Å². The summed E-state index contributed by atoms with van der Waals surface area (Å²) in [6, 6.07) is 10.1. The van der Waals surface area contributed by atoms with E-state index in [0.29, 0.717) is 31.9 Å². The van der Waals surface area contributed by atoms with Crippen LogP contribution in [-0.2, 0) is 0 Å². The predicted molar refractivity (Wildman–Crippen MR) is 78.5 cm³/mol. The highest BCUT2D eigenvalue weighted by molar-refractivity contribution is 6.36. The fraction of sp³-hybridized carbons (Fsp3) is 0.143.